The van der Waals surface area contributed by atoms with Gasteiger partial charge >= 0.3 is 5.69 Å². The second-order valence-corrected chi connectivity index (χ2v) is 6.14. The van der Waals surface area contributed by atoms with Crippen molar-refractivity contribution >= 4 is 23.3 Å². The van der Waals surface area contributed by atoms with Gasteiger partial charge in [0, 0.05) is 6.07 Å². The number of ether oxygens (including phenoxy) is 2. The number of rotatable bonds is 9. The van der Waals surface area contributed by atoms with Gasteiger partial charge in [-0.2, -0.15) is 5.10 Å². The van der Waals surface area contributed by atoms with Crippen molar-refractivity contribution in [3.8, 4) is 17.2 Å². The van der Waals surface area contributed by atoms with Crippen LogP contribution in [-0.2, 0) is 0 Å². The summed E-state index contributed by atoms with van der Waals surface area (Å²) in [4.78, 5) is 20.8. The van der Waals surface area contributed by atoms with Gasteiger partial charge < -0.3 is 9.47 Å². The van der Waals surface area contributed by atoms with Crippen LogP contribution in [0.25, 0.3) is 0 Å². The van der Waals surface area contributed by atoms with Gasteiger partial charge in [-0.1, -0.05) is 18.2 Å². The molecule has 1 N–H and O–H groups in total. The molecule has 0 spiro atoms. The summed E-state index contributed by atoms with van der Waals surface area (Å²) in [6, 6.07) is 17.5. The maximum absolute atomic E-state index is 11.3. The van der Waals surface area contributed by atoms with Gasteiger partial charge in [-0.15, -0.1) is 0 Å². The minimum atomic E-state index is -0.737. The van der Waals surface area contributed by atoms with Crippen LogP contribution in [0.3, 0.4) is 0 Å². The summed E-state index contributed by atoms with van der Waals surface area (Å²) in [5, 5.41) is 26.4. The molecule has 0 fully saturated rings. The molecule has 10 nitrogen and oxygen atoms in total. The van der Waals surface area contributed by atoms with Crippen LogP contribution >= 0.6 is 0 Å². The predicted octanol–water partition coefficient (Wildman–Crippen LogP) is 5.14. The van der Waals surface area contributed by atoms with Crippen molar-refractivity contribution in [2.75, 3.05) is 12.0 Å². The average molecular weight is 422 g/mol. The lowest BCUT2D eigenvalue weighted by Crippen LogP contribution is -1.99. The van der Waals surface area contributed by atoms with E-state index in [1.165, 1.54) is 6.07 Å². The number of nitro groups is 2. The third-order valence-electron chi connectivity index (χ3n) is 4.02. The number of nitrogens with zero attached hydrogens (tertiary/aromatic N) is 3. The van der Waals surface area contributed by atoms with Gasteiger partial charge in [0.05, 0.1) is 34.4 Å². The van der Waals surface area contributed by atoms with Crippen LogP contribution in [0.4, 0.5) is 17.1 Å². The first-order valence-corrected chi connectivity index (χ1v) is 9.19. The van der Waals surface area contributed by atoms with Gasteiger partial charge in [0.25, 0.3) is 5.69 Å². The molecule has 0 saturated heterocycles. The normalized spacial score (nSPS) is 10.6. The summed E-state index contributed by atoms with van der Waals surface area (Å²) >= 11 is 0. The molecule has 0 saturated carbocycles. The molecule has 0 aromatic heterocycles. The highest BCUT2D eigenvalue weighted by molar-refractivity contribution is 5.81. The second-order valence-electron chi connectivity index (χ2n) is 6.14. The number of nitrogens with one attached hydrogen (secondary N) is 1. The summed E-state index contributed by atoms with van der Waals surface area (Å²) in [7, 11) is 0. The number of para-hydroxylation sites is 1. The number of nitro benzene ring substituents is 2. The van der Waals surface area contributed by atoms with Gasteiger partial charge in [0.1, 0.15) is 0 Å². The van der Waals surface area contributed by atoms with Crippen LogP contribution in [0.2, 0.25) is 0 Å². The van der Waals surface area contributed by atoms with Crippen LogP contribution in [0, 0.1) is 20.2 Å². The molecule has 3 rings (SSSR count). The van der Waals surface area contributed by atoms with Crippen molar-refractivity contribution in [3.05, 3.63) is 92.5 Å². The fourth-order valence-corrected chi connectivity index (χ4v) is 2.62. The first kappa shape index (κ1) is 21.2. The molecule has 0 heterocycles. The molecule has 3 aromatic carbocycles. The van der Waals surface area contributed by atoms with E-state index in [0.717, 1.165) is 17.8 Å². The Kier molecular flexibility index (Phi) is 6.74. The molecule has 0 unspecified atom stereocenters. The third-order valence-corrected chi connectivity index (χ3v) is 4.02. The van der Waals surface area contributed by atoms with E-state index >= 15 is 0 Å². The van der Waals surface area contributed by atoms with Crippen molar-refractivity contribution in [2.24, 2.45) is 5.10 Å². The van der Waals surface area contributed by atoms with E-state index in [9.17, 15) is 20.2 Å². The largest absolute Gasteiger partial charge is 0.490 e. The van der Waals surface area contributed by atoms with Gasteiger partial charge in [0.15, 0.2) is 11.5 Å². The molecule has 0 bridgehead atoms. The Hall–Kier alpha value is -4.47. The minimum absolute atomic E-state index is 0.135. The molecular formula is C21H18N4O6. The highest BCUT2D eigenvalue weighted by atomic mass is 16.6. The van der Waals surface area contributed by atoms with Gasteiger partial charge in [-0.3, -0.25) is 25.7 Å². The first-order valence-electron chi connectivity index (χ1n) is 9.19. The maximum atomic E-state index is 11.3. The van der Waals surface area contributed by atoms with Gasteiger partial charge in [-0.25, -0.2) is 0 Å². The van der Waals surface area contributed by atoms with Crippen molar-refractivity contribution in [3.63, 3.8) is 0 Å². The van der Waals surface area contributed by atoms with Crippen molar-refractivity contribution in [1.82, 2.24) is 0 Å². The smallest absolute Gasteiger partial charge is 0.318 e. The first-order chi connectivity index (χ1) is 15.0. The Morgan fingerprint density at radius 3 is 2.35 bits per heavy atom. The topological polar surface area (TPSA) is 129 Å². The van der Waals surface area contributed by atoms with E-state index in [1.807, 2.05) is 30.3 Å². The van der Waals surface area contributed by atoms with Crippen molar-refractivity contribution in [1.29, 1.82) is 0 Å². The molecular weight excluding hydrogens is 404 g/mol. The van der Waals surface area contributed by atoms with E-state index < -0.39 is 21.2 Å². The van der Waals surface area contributed by atoms with Gasteiger partial charge in [-0.05, 0) is 48.9 Å². The molecule has 158 valence electrons. The van der Waals surface area contributed by atoms with Crippen LogP contribution in [0.5, 0.6) is 17.2 Å². The molecule has 0 amide bonds. The summed E-state index contributed by atoms with van der Waals surface area (Å²) in [5.74, 6) is 0.439. The summed E-state index contributed by atoms with van der Waals surface area (Å²) in [6.07, 6.45) is 1.59. The standard InChI is InChI=1S/C21H18N4O6/c1-2-30-21-12-15(14-22-23-16-6-4-3-5-7-16)8-10-20(21)31-19-11-9-17(24(26)27)13-18(19)25(28)29/h3-14,23H,2H2,1H3. The number of anilines is 1. The lowest BCUT2D eigenvalue weighted by Gasteiger charge is -2.12. The molecule has 0 radical (unpaired) electrons. The monoisotopic (exact) mass is 422 g/mol. The van der Waals surface area contributed by atoms with Crippen molar-refractivity contribution < 1.29 is 19.3 Å². The quantitative estimate of drug-likeness (QED) is 0.287. The summed E-state index contributed by atoms with van der Waals surface area (Å²) < 4.78 is 11.3. The van der Waals surface area contributed by atoms with E-state index in [-0.39, 0.29) is 11.5 Å². The predicted molar refractivity (Wildman–Crippen MR) is 115 cm³/mol. The van der Waals surface area contributed by atoms with E-state index in [4.69, 9.17) is 9.47 Å². The third kappa shape index (κ3) is 5.54. The lowest BCUT2D eigenvalue weighted by molar-refractivity contribution is -0.394. The Balaban J connectivity index is 1.85. The fraction of sp³-hybridized carbons (Fsp3) is 0.0952. The molecule has 0 aliphatic carbocycles. The van der Waals surface area contributed by atoms with E-state index in [2.05, 4.69) is 10.5 Å². The van der Waals surface area contributed by atoms with Crippen LogP contribution in [0.1, 0.15) is 12.5 Å². The van der Waals surface area contributed by atoms with Crippen LogP contribution < -0.4 is 14.9 Å². The minimum Gasteiger partial charge on any atom is -0.490 e. The van der Waals surface area contributed by atoms with E-state index in [1.54, 1.807) is 31.3 Å². The lowest BCUT2D eigenvalue weighted by atomic mass is 10.2. The van der Waals surface area contributed by atoms with E-state index in [0.29, 0.717) is 17.9 Å². The Bertz CT molecular complexity index is 1120. The molecule has 10 heteroatoms. The Labute approximate surface area is 177 Å². The average Bonchev–Trinajstić information content (AvgIpc) is 2.76. The highest BCUT2D eigenvalue weighted by Gasteiger charge is 2.22. The number of hydrogen-bond donors (Lipinski definition) is 1. The SMILES string of the molecule is CCOc1cc(C=NNc2ccccc2)ccc1Oc1ccc([N+](=O)[O-])cc1[N+](=O)[O-]. The molecule has 0 aliphatic heterocycles. The summed E-state index contributed by atoms with van der Waals surface area (Å²) in [6.45, 7) is 2.12. The molecule has 0 aliphatic rings. The van der Waals surface area contributed by atoms with Gasteiger partial charge in [0.2, 0.25) is 5.75 Å². The number of benzene rings is 3. The zero-order chi connectivity index (χ0) is 22.2. The zero-order valence-corrected chi connectivity index (χ0v) is 16.4. The van der Waals surface area contributed by atoms with Crippen LogP contribution in [0.15, 0.2) is 71.8 Å². The Morgan fingerprint density at radius 2 is 1.68 bits per heavy atom. The number of hydrogen-bond acceptors (Lipinski definition) is 8. The van der Waals surface area contributed by atoms with Crippen molar-refractivity contribution in [2.45, 2.75) is 6.92 Å². The zero-order valence-electron chi connectivity index (χ0n) is 16.4. The number of non-ortho nitro benzene ring substituents is 1. The number of hydrazone groups is 1. The Morgan fingerprint density at radius 1 is 0.935 bits per heavy atom. The molecule has 3 aromatic rings. The second kappa shape index (κ2) is 9.83. The molecule has 0 atom stereocenters. The molecule has 31 heavy (non-hydrogen) atoms. The maximum Gasteiger partial charge on any atom is 0.318 e. The summed E-state index contributed by atoms with van der Waals surface area (Å²) in [5.41, 5.74) is 3.51. The fourth-order valence-electron chi connectivity index (χ4n) is 2.62. The highest BCUT2D eigenvalue weighted by Crippen LogP contribution is 2.38. The van der Waals surface area contributed by atoms with Crippen LogP contribution in [-0.4, -0.2) is 22.7 Å².